The van der Waals surface area contributed by atoms with Crippen molar-refractivity contribution in [1.29, 1.82) is 0 Å². The first kappa shape index (κ1) is 10.5. The molecule has 0 saturated heterocycles. The molecule has 1 aromatic carbocycles. The van der Waals surface area contributed by atoms with Crippen LogP contribution >= 0.6 is 0 Å². The van der Waals surface area contributed by atoms with Gasteiger partial charge in [0.25, 0.3) is 0 Å². The van der Waals surface area contributed by atoms with Gasteiger partial charge in [0, 0.05) is 5.56 Å². The highest BCUT2D eigenvalue weighted by Crippen LogP contribution is 2.29. The fraction of sp³-hybridized carbons (Fsp3) is 0.273. The number of Topliss-reactive ketones (excluding diaryl/α,β-unsaturated/α-hetero) is 1. The molecule has 1 aliphatic heterocycles. The second kappa shape index (κ2) is 3.84. The Kier molecular flexibility index (Phi) is 2.52. The first-order valence-corrected chi connectivity index (χ1v) is 4.85. The summed E-state index contributed by atoms with van der Waals surface area (Å²) < 4.78 is 5.28. The summed E-state index contributed by atoms with van der Waals surface area (Å²) >= 11 is 0. The number of benzene rings is 1. The van der Waals surface area contributed by atoms with E-state index in [4.69, 9.17) is 9.84 Å². The molecule has 2 rings (SSSR count). The predicted molar refractivity (Wildman–Crippen MR) is 57.0 cm³/mol. The van der Waals surface area contributed by atoms with Crippen molar-refractivity contribution < 1.29 is 19.4 Å². The highest BCUT2D eigenvalue weighted by Gasteiger charge is 2.24. The first-order valence-electron chi connectivity index (χ1n) is 4.85. The normalized spacial score (nSPS) is 17.9. The average molecular weight is 221 g/mol. The van der Waals surface area contributed by atoms with Gasteiger partial charge in [-0.2, -0.15) is 0 Å². The van der Waals surface area contributed by atoms with E-state index in [9.17, 15) is 9.59 Å². The van der Waals surface area contributed by atoms with Gasteiger partial charge in [0.05, 0.1) is 5.69 Å². The molecule has 1 aliphatic rings. The van der Waals surface area contributed by atoms with E-state index in [-0.39, 0.29) is 12.4 Å². The molecule has 84 valence electrons. The van der Waals surface area contributed by atoms with Crippen LogP contribution < -0.4 is 10.1 Å². The highest BCUT2D eigenvalue weighted by atomic mass is 16.5. The summed E-state index contributed by atoms with van der Waals surface area (Å²) in [6.45, 7) is 1.54. The summed E-state index contributed by atoms with van der Waals surface area (Å²) in [7, 11) is 0. The Hall–Kier alpha value is -2.04. The number of anilines is 1. The van der Waals surface area contributed by atoms with Gasteiger partial charge in [-0.3, -0.25) is 4.79 Å². The number of ether oxygens (including phenoxy) is 1. The Labute approximate surface area is 92.0 Å². The summed E-state index contributed by atoms with van der Waals surface area (Å²) in [4.78, 5) is 21.9. The quantitative estimate of drug-likeness (QED) is 0.732. The number of ketones is 1. The summed E-state index contributed by atoms with van der Waals surface area (Å²) in [5.74, 6) is -0.469. The lowest BCUT2D eigenvalue weighted by Crippen LogP contribution is -2.38. The Morgan fingerprint density at radius 2 is 2.25 bits per heavy atom. The standard InChI is InChI=1S/C11H11NO4/c1-6(13)7-2-3-10-8(4-7)12-9(5-16-10)11(14)15/h2-4,9,12H,5H2,1H3,(H,14,15). The van der Waals surface area contributed by atoms with Gasteiger partial charge in [0.15, 0.2) is 11.8 Å². The lowest BCUT2D eigenvalue weighted by atomic mass is 10.1. The molecule has 0 saturated carbocycles. The molecule has 1 heterocycles. The summed E-state index contributed by atoms with van der Waals surface area (Å²) in [5.41, 5.74) is 1.08. The molecule has 0 amide bonds. The molecule has 5 heteroatoms. The van der Waals surface area contributed by atoms with Crippen molar-refractivity contribution in [2.75, 3.05) is 11.9 Å². The second-order valence-corrected chi connectivity index (χ2v) is 3.61. The molecule has 16 heavy (non-hydrogen) atoms. The molecular formula is C11H11NO4. The van der Waals surface area contributed by atoms with Gasteiger partial charge in [0.1, 0.15) is 12.4 Å². The molecule has 0 spiro atoms. The molecule has 5 nitrogen and oxygen atoms in total. The Morgan fingerprint density at radius 1 is 1.50 bits per heavy atom. The largest absolute Gasteiger partial charge is 0.489 e. The Balaban J connectivity index is 2.32. The molecule has 0 aliphatic carbocycles. The van der Waals surface area contributed by atoms with E-state index in [1.54, 1.807) is 18.2 Å². The maximum atomic E-state index is 11.2. The van der Waals surface area contributed by atoms with E-state index in [0.717, 1.165) is 0 Å². The van der Waals surface area contributed by atoms with Crippen LogP contribution in [0.25, 0.3) is 0 Å². The SMILES string of the molecule is CC(=O)c1ccc2c(c1)NC(C(=O)O)CO2. The second-order valence-electron chi connectivity index (χ2n) is 3.61. The van der Waals surface area contributed by atoms with Gasteiger partial charge < -0.3 is 15.2 Å². The molecule has 0 fully saturated rings. The zero-order chi connectivity index (χ0) is 11.7. The van der Waals surface area contributed by atoms with E-state index in [2.05, 4.69) is 5.32 Å². The third-order valence-electron chi connectivity index (χ3n) is 2.42. The Morgan fingerprint density at radius 3 is 2.88 bits per heavy atom. The van der Waals surface area contributed by atoms with Crippen molar-refractivity contribution in [2.24, 2.45) is 0 Å². The van der Waals surface area contributed by atoms with Gasteiger partial charge in [0.2, 0.25) is 0 Å². The number of rotatable bonds is 2. The van der Waals surface area contributed by atoms with Crippen LogP contribution in [0.4, 0.5) is 5.69 Å². The molecular weight excluding hydrogens is 210 g/mol. The van der Waals surface area contributed by atoms with E-state index in [1.165, 1.54) is 6.92 Å². The number of hydrogen-bond acceptors (Lipinski definition) is 4. The van der Waals surface area contributed by atoms with Gasteiger partial charge in [-0.05, 0) is 25.1 Å². The van der Waals surface area contributed by atoms with Crippen LogP contribution in [0.3, 0.4) is 0 Å². The number of carbonyl (C=O) groups is 2. The molecule has 0 aromatic heterocycles. The molecule has 1 aromatic rings. The van der Waals surface area contributed by atoms with Crippen LogP contribution in [0.5, 0.6) is 5.75 Å². The van der Waals surface area contributed by atoms with E-state index >= 15 is 0 Å². The summed E-state index contributed by atoms with van der Waals surface area (Å²) in [6.07, 6.45) is 0. The smallest absolute Gasteiger partial charge is 0.329 e. The van der Waals surface area contributed by atoms with Crippen LogP contribution in [-0.2, 0) is 4.79 Å². The molecule has 0 radical (unpaired) electrons. The molecule has 1 atom stereocenters. The van der Waals surface area contributed by atoms with Crippen molar-refractivity contribution in [1.82, 2.24) is 0 Å². The first-order chi connectivity index (χ1) is 7.58. The van der Waals surface area contributed by atoms with Crippen LogP contribution in [0, 0.1) is 0 Å². The van der Waals surface area contributed by atoms with Gasteiger partial charge in [-0.1, -0.05) is 0 Å². The predicted octanol–water partition coefficient (Wildman–Crippen LogP) is 1.15. The number of nitrogens with one attached hydrogen (secondary N) is 1. The molecule has 1 unspecified atom stereocenters. The number of hydrogen-bond donors (Lipinski definition) is 2. The zero-order valence-corrected chi connectivity index (χ0v) is 8.69. The average Bonchev–Trinajstić information content (AvgIpc) is 2.27. The number of carbonyl (C=O) groups excluding carboxylic acids is 1. The van der Waals surface area contributed by atoms with E-state index < -0.39 is 12.0 Å². The van der Waals surface area contributed by atoms with Crippen LogP contribution in [0.15, 0.2) is 18.2 Å². The van der Waals surface area contributed by atoms with E-state index in [1.807, 2.05) is 0 Å². The van der Waals surface area contributed by atoms with Crippen molar-refractivity contribution >= 4 is 17.4 Å². The molecule has 0 bridgehead atoms. The maximum Gasteiger partial charge on any atom is 0.329 e. The fourth-order valence-electron chi connectivity index (χ4n) is 1.52. The number of fused-ring (bicyclic) bond motifs is 1. The van der Waals surface area contributed by atoms with Crippen molar-refractivity contribution in [2.45, 2.75) is 13.0 Å². The lowest BCUT2D eigenvalue weighted by molar-refractivity contribution is -0.138. The third-order valence-corrected chi connectivity index (χ3v) is 2.42. The minimum absolute atomic E-state index is 0.0675. The fourth-order valence-corrected chi connectivity index (χ4v) is 1.52. The van der Waals surface area contributed by atoms with Crippen molar-refractivity contribution in [3.8, 4) is 5.75 Å². The van der Waals surface area contributed by atoms with Gasteiger partial charge in [-0.15, -0.1) is 0 Å². The van der Waals surface area contributed by atoms with E-state index in [0.29, 0.717) is 17.0 Å². The van der Waals surface area contributed by atoms with Crippen molar-refractivity contribution in [3.63, 3.8) is 0 Å². The summed E-state index contributed by atoms with van der Waals surface area (Å²) in [6, 6.07) is 4.16. The Bertz CT molecular complexity index is 455. The van der Waals surface area contributed by atoms with Crippen LogP contribution in [0.1, 0.15) is 17.3 Å². The minimum Gasteiger partial charge on any atom is -0.489 e. The number of carboxylic acids is 1. The van der Waals surface area contributed by atoms with Crippen molar-refractivity contribution in [3.05, 3.63) is 23.8 Å². The summed E-state index contributed by atoms with van der Waals surface area (Å²) in [5, 5.41) is 11.6. The van der Waals surface area contributed by atoms with Gasteiger partial charge >= 0.3 is 5.97 Å². The third kappa shape index (κ3) is 1.84. The van der Waals surface area contributed by atoms with Crippen LogP contribution in [0.2, 0.25) is 0 Å². The lowest BCUT2D eigenvalue weighted by Gasteiger charge is -2.24. The van der Waals surface area contributed by atoms with Gasteiger partial charge in [-0.25, -0.2) is 4.79 Å². The number of aliphatic carboxylic acids is 1. The monoisotopic (exact) mass is 221 g/mol. The van der Waals surface area contributed by atoms with Crippen LogP contribution in [-0.4, -0.2) is 29.5 Å². The zero-order valence-electron chi connectivity index (χ0n) is 8.69. The maximum absolute atomic E-state index is 11.2. The molecule has 2 N–H and O–H groups in total. The number of carboxylic acid groups (broad SMARTS) is 1. The topological polar surface area (TPSA) is 75.6 Å². The highest BCUT2D eigenvalue weighted by molar-refractivity contribution is 5.95. The minimum atomic E-state index is -0.973.